The first-order valence-corrected chi connectivity index (χ1v) is 25.9. The van der Waals surface area contributed by atoms with E-state index in [-0.39, 0.29) is 51.4 Å². The Morgan fingerprint density at radius 1 is 0.652 bits per heavy atom. The number of nitrogens with zero attached hydrogens (tertiary/aromatic N) is 2. The number of hydrogen-bond donors (Lipinski definition) is 2. The summed E-state index contributed by atoms with van der Waals surface area (Å²) in [6.07, 6.45) is 2.64. The van der Waals surface area contributed by atoms with E-state index in [0.717, 1.165) is 24.0 Å². The molecule has 2 N–H and O–H groups in total. The molecular weight excluding hydrogens is 861 g/mol. The van der Waals surface area contributed by atoms with Crippen LogP contribution in [0, 0.1) is 0 Å². The molecule has 2 saturated heterocycles. The van der Waals surface area contributed by atoms with Crippen LogP contribution in [0.4, 0.5) is 21.0 Å². The van der Waals surface area contributed by atoms with Gasteiger partial charge in [-0.1, -0.05) is 52.0 Å². The third-order valence-electron chi connectivity index (χ3n) is 11.8. The maximum atomic E-state index is 14.4. The van der Waals surface area contributed by atoms with Crippen molar-refractivity contribution in [2.45, 2.75) is 149 Å². The van der Waals surface area contributed by atoms with E-state index in [0.29, 0.717) is 81.6 Å². The number of unbranched alkanes of at least 4 members (excludes halogenated alkanes) is 2. The first-order valence-electron chi connectivity index (χ1n) is 23.0. The minimum Gasteiger partial charge on any atom is -0.493 e. The van der Waals surface area contributed by atoms with E-state index in [4.69, 9.17) is 32.8 Å². The van der Waals surface area contributed by atoms with Crippen LogP contribution < -0.4 is 29.6 Å². The van der Waals surface area contributed by atoms with E-state index >= 15 is 0 Å². The van der Waals surface area contributed by atoms with Crippen molar-refractivity contribution in [1.82, 2.24) is 9.80 Å². The van der Waals surface area contributed by atoms with E-state index < -0.39 is 31.7 Å². The van der Waals surface area contributed by atoms with E-state index in [9.17, 15) is 19.2 Å². The number of anilines is 2. The minimum absolute atomic E-state index is 0.000399. The molecular formula is C50H76N4O11Si. The molecule has 16 heteroatoms. The number of nitrogens with one attached hydrogen (secondary N) is 2. The van der Waals surface area contributed by atoms with Gasteiger partial charge in [0, 0.05) is 31.3 Å². The van der Waals surface area contributed by atoms with Crippen LogP contribution in [0.1, 0.15) is 128 Å². The fourth-order valence-electron chi connectivity index (χ4n) is 7.37. The van der Waals surface area contributed by atoms with Gasteiger partial charge in [-0.25, -0.2) is 9.59 Å². The molecule has 0 spiro atoms. The van der Waals surface area contributed by atoms with Crippen LogP contribution in [0.3, 0.4) is 0 Å². The highest BCUT2D eigenvalue weighted by molar-refractivity contribution is 6.74. The first-order chi connectivity index (χ1) is 30.7. The van der Waals surface area contributed by atoms with Crippen molar-refractivity contribution >= 4 is 43.7 Å². The molecule has 15 nitrogen and oxygen atoms in total. The number of amides is 4. The maximum Gasteiger partial charge on any atom is 0.412 e. The molecule has 366 valence electrons. The lowest BCUT2D eigenvalue weighted by molar-refractivity contribution is 0.0623. The fraction of sp³-hybridized carbons (Fsp3) is 0.600. The van der Waals surface area contributed by atoms with E-state index in [1.807, 2.05) is 6.92 Å². The van der Waals surface area contributed by atoms with Crippen LogP contribution in [0.2, 0.25) is 18.1 Å². The number of methoxy groups -OCH3 is 2. The summed E-state index contributed by atoms with van der Waals surface area (Å²) in [5.74, 6) is 0.808. The Morgan fingerprint density at radius 2 is 1.06 bits per heavy atom. The second-order valence-electron chi connectivity index (χ2n) is 20.7. The molecule has 0 saturated carbocycles. The Kier molecular flexibility index (Phi) is 17.8. The molecule has 2 heterocycles. The van der Waals surface area contributed by atoms with Gasteiger partial charge in [0.1, 0.15) is 11.2 Å². The lowest BCUT2D eigenvalue weighted by Gasteiger charge is -2.38. The van der Waals surface area contributed by atoms with Crippen molar-refractivity contribution in [2.24, 2.45) is 0 Å². The van der Waals surface area contributed by atoms with Crippen molar-refractivity contribution in [1.29, 1.82) is 0 Å². The topological polar surface area (TPSA) is 163 Å². The van der Waals surface area contributed by atoms with Gasteiger partial charge in [-0.15, -0.1) is 0 Å². The average Bonchev–Trinajstić information content (AvgIpc) is 3.78. The predicted octanol–water partition coefficient (Wildman–Crippen LogP) is 11.0. The number of carbonyl (C=O) groups excluding carboxylic acids is 4. The Labute approximate surface area is 394 Å². The van der Waals surface area contributed by atoms with Gasteiger partial charge in [-0.05, 0) is 110 Å². The minimum atomic E-state index is -2.11. The molecule has 0 aliphatic carbocycles. The van der Waals surface area contributed by atoms with Crippen LogP contribution in [-0.2, 0) is 13.9 Å². The predicted molar refractivity (Wildman–Crippen MR) is 261 cm³/mol. The third kappa shape index (κ3) is 14.6. The second-order valence-corrected chi connectivity index (χ2v) is 25.5. The Bertz CT molecular complexity index is 2100. The number of hydrogen-bond acceptors (Lipinski definition) is 11. The number of likely N-dealkylation sites (tertiary alicyclic amines) is 2. The molecule has 2 atom stereocenters. The standard InChI is InChI=1S/C50H76N4O11Si/c1-17-34-23-32(2)29-53(34)44(55)36-25-40(59-13)42(27-38(36)51-46(57)64-48(4,5)6)61-21-19-18-20-22-62-43-28-39(52-47(58)65-49(7,8)9)37(26-41(43)60-14)45(56)54-30-33(3)24-35(54)31-63-66(15,16)50(10,11)12/h25-28,34-35H,2-3,17-24,29-31H2,1,4-16H3,(H,51,57)(H,52,58)/t34-,35+/m1/s1. The number of carbonyl (C=O) groups is 4. The fourth-order valence-corrected chi connectivity index (χ4v) is 8.41. The molecule has 66 heavy (non-hydrogen) atoms. The number of ether oxygens (including phenoxy) is 6. The van der Waals surface area contributed by atoms with Crippen molar-refractivity contribution in [3.8, 4) is 23.0 Å². The van der Waals surface area contributed by atoms with Gasteiger partial charge in [-0.3, -0.25) is 20.2 Å². The monoisotopic (exact) mass is 937 g/mol. The molecule has 2 aliphatic heterocycles. The number of benzene rings is 2. The smallest absolute Gasteiger partial charge is 0.412 e. The highest BCUT2D eigenvalue weighted by Gasteiger charge is 2.40. The molecule has 2 aromatic rings. The van der Waals surface area contributed by atoms with Crippen molar-refractivity contribution < 1.29 is 52.0 Å². The summed E-state index contributed by atoms with van der Waals surface area (Å²) in [5, 5.41) is 5.55. The molecule has 4 rings (SSSR count). The second kappa shape index (κ2) is 22.0. The SMILES string of the molecule is C=C1C[C@@H](CC)N(C(=O)c2cc(OC)c(OCCCCCOc3cc(NC(=O)OC(C)(C)C)c(C(=O)N4CC(=C)C[C@H]4CO[Si](C)(C)C(C)(C)C)cc3OC)cc2NC(=O)OC(C)(C)C)C1. The third-order valence-corrected chi connectivity index (χ3v) is 16.3. The molecule has 4 amide bonds. The molecule has 0 aromatic heterocycles. The zero-order valence-corrected chi connectivity index (χ0v) is 43.0. The quantitative estimate of drug-likeness (QED) is 0.0831. The summed E-state index contributed by atoms with van der Waals surface area (Å²) < 4.78 is 41.5. The van der Waals surface area contributed by atoms with Gasteiger partial charge in [0.05, 0.1) is 62.6 Å². The lowest BCUT2D eigenvalue weighted by Crippen LogP contribution is -2.46. The normalized spacial score (nSPS) is 16.8. The summed E-state index contributed by atoms with van der Waals surface area (Å²) in [7, 11) is 0.891. The van der Waals surface area contributed by atoms with Crippen molar-refractivity contribution in [3.63, 3.8) is 0 Å². The van der Waals surface area contributed by atoms with Crippen LogP contribution in [0.5, 0.6) is 23.0 Å². The van der Waals surface area contributed by atoms with E-state index in [1.54, 1.807) is 75.6 Å². The van der Waals surface area contributed by atoms with Gasteiger partial charge in [-0.2, -0.15) is 0 Å². The zero-order chi connectivity index (χ0) is 49.4. The first kappa shape index (κ1) is 53.4. The van der Waals surface area contributed by atoms with Crippen LogP contribution >= 0.6 is 0 Å². The van der Waals surface area contributed by atoms with Gasteiger partial charge >= 0.3 is 12.2 Å². The average molecular weight is 937 g/mol. The Morgan fingerprint density at radius 3 is 1.44 bits per heavy atom. The summed E-state index contributed by atoms with van der Waals surface area (Å²) in [6.45, 7) is 33.6. The molecule has 0 unspecified atom stereocenters. The summed E-state index contributed by atoms with van der Waals surface area (Å²) in [5.41, 5.74) is 1.30. The Hall–Kier alpha value is -5.22. The molecule has 2 aromatic carbocycles. The highest BCUT2D eigenvalue weighted by Crippen LogP contribution is 2.40. The van der Waals surface area contributed by atoms with Gasteiger partial charge < -0.3 is 42.6 Å². The largest absolute Gasteiger partial charge is 0.493 e. The van der Waals surface area contributed by atoms with Gasteiger partial charge in [0.15, 0.2) is 31.3 Å². The van der Waals surface area contributed by atoms with E-state index in [2.05, 4.69) is 57.7 Å². The lowest BCUT2D eigenvalue weighted by atomic mass is 10.1. The molecule has 2 aliphatic rings. The van der Waals surface area contributed by atoms with Crippen LogP contribution in [0.15, 0.2) is 48.6 Å². The highest BCUT2D eigenvalue weighted by atomic mass is 28.4. The van der Waals surface area contributed by atoms with Crippen LogP contribution in [-0.4, -0.2) is 113 Å². The zero-order valence-electron chi connectivity index (χ0n) is 42.0. The van der Waals surface area contributed by atoms with E-state index in [1.165, 1.54) is 14.2 Å². The number of rotatable bonds is 18. The maximum absolute atomic E-state index is 14.4. The molecule has 2 fully saturated rings. The van der Waals surface area contributed by atoms with Crippen molar-refractivity contribution in [2.75, 3.05) is 57.8 Å². The van der Waals surface area contributed by atoms with Gasteiger partial charge in [0.2, 0.25) is 0 Å². The van der Waals surface area contributed by atoms with Crippen LogP contribution in [0.25, 0.3) is 0 Å². The summed E-state index contributed by atoms with van der Waals surface area (Å²) in [6, 6.07) is 6.14. The molecule has 0 radical (unpaired) electrons. The Balaban J connectivity index is 1.47. The van der Waals surface area contributed by atoms with Gasteiger partial charge in [0.25, 0.3) is 11.8 Å². The molecule has 0 bridgehead atoms. The summed E-state index contributed by atoms with van der Waals surface area (Å²) >= 11 is 0. The van der Waals surface area contributed by atoms with Crippen molar-refractivity contribution in [3.05, 3.63) is 59.7 Å². The summed E-state index contributed by atoms with van der Waals surface area (Å²) in [4.78, 5) is 58.0.